The van der Waals surface area contributed by atoms with Gasteiger partial charge in [-0.3, -0.25) is 0 Å². The van der Waals surface area contributed by atoms with Crippen molar-refractivity contribution in [3.63, 3.8) is 0 Å². The summed E-state index contributed by atoms with van der Waals surface area (Å²) in [5, 5.41) is 10.9. The van der Waals surface area contributed by atoms with Crippen LogP contribution in [0.4, 0.5) is 0 Å². The number of aromatic nitrogens is 1. The van der Waals surface area contributed by atoms with Crippen LogP contribution in [0.1, 0.15) is 16.8 Å². The summed E-state index contributed by atoms with van der Waals surface area (Å²) < 4.78 is 7.96. The summed E-state index contributed by atoms with van der Waals surface area (Å²) >= 11 is 0. The van der Waals surface area contributed by atoms with Gasteiger partial charge < -0.3 is 14.4 Å². The molecule has 1 aromatic heterocycles. The maximum atomic E-state index is 9.77. The minimum Gasteiger partial charge on any atom is -0.489 e. The Labute approximate surface area is 153 Å². The molecule has 1 N–H and O–H groups in total. The first-order valence-corrected chi connectivity index (χ1v) is 8.73. The summed E-state index contributed by atoms with van der Waals surface area (Å²) in [6, 6.07) is 26.5. The molecule has 3 aromatic carbocycles. The monoisotopic (exact) mass is 343 g/mol. The molecule has 0 aliphatic heterocycles. The number of benzene rings is 3. The lowest BCUT2D eigenvalue weighted by Gasteiger charge is -2.11. The lowest BCUT2D eigenvalue weighted by Crippen LogP contribution is -2.00. The smallest absolute Gasteiger partial charge is 0.119 e. The number of hydrogen-bond donors (Lipinski definition) is 1. The number of rotatable bonds is 5. The average molecular weight is 343 g/mol. The molecule has 3 heteroatoms. The van der Waals surface area contributed by atoms with Crippen LogP contribution in [0.25, 0.3) is 16.6 Å². The number of ether oxygens (including phenoxy) is 1. The molecule has 0 spiro atoms. The Morgan fingerprint density at radius 2 is 1.65 bits per heavy atom. The topological polar surface area (TPSA) is 34.4 Å². The molecule has 3 nitrogen and oxygen atoms in total. The summed E-state index contributed by atoms with van der Waals surface area (Å²) in [6.45, 7) is 2.63. The summed E-state index contributed by atoms with van der Waals surface area (Å²) in [7, 11) is 0. The first kappa shape index (κ1) is 16.4. The molecule has 26 heavy (non-hydrogen) atoms. The normalized spacial score (nSPS) is 11.0. The minimum atomic E-state index is -0.0000137. The summed E-state index contributed by atoms with van der Waals surface area (Å²) in [4.78, 5) is 0. The Kier molecular flexibility index (Phi) is 4.46. The van der Waals surface area contributed by atoms with Crippen molar-refractivity contribution < 1.29 is 9.84 Å². The lowest BCUT2D eigenvalue weighted by atomic mass is 10.2. The van der Waals surface area contributed by atoms with Crippen LogP contribution < -0.4 is 4.74 Å². The standard InChI is InChI=1S/C23H21NO2/c1-17-7-12-23-19(13-17)14-21(15-25)24(23)20-8-10-22(11-9-20)26-16-18-5-3-2-4-6-18/h2-14,25H,15-16H2,1H3. The second-order valence-electron chi connectivity index (χ2n) is 6.46. The fourth-order valence-corrected chi connectivity index (χ4v) is 3.25. The van der Waals surface area contributed by atoms with Crippen LogP contribution >= 0.6 is 0 Å². The van der Waals surface area contributed by atoms with Gasteiger partial charge in [0.15, 0.2) is 0 Å². The Morgan fingerprint density at radius 3 is 2.38 bits per heavy atom. The van der Waals surface area contributed by atoms with Crippen LogP contribution in [0, 0.1) is 6.92 Å². The molecule has 0 saturated carbocycles. The maximum Gasteiger partial charge on any atom is 0.119 e. The molecule has 0 unspecified atom stereocenters. The van der Waals surface area contributed by atoms with Gasteiger partial charge >= 0.3 is 0 Å². The van der Waals surface area contributed by atoms with Crippen LogP contribution in [-0.2, 0) is 13.2 Å². The minimum absolute atomic E-state index is 0.0000137. The number of aliphatic hydroxyl groups is 1. The van der Waals surface area contributed by atoms with Crippen molar-refractivity contribution in [2.24, 2.45) is 0 Å². The second-order valence-corrected chi connectivity index (χ2v) is 6.46. The Morgan fingerprint density at radius 1 is 0.885 bits per heavy atom. The van der Waals surface area contributed by atoms with E-state index in [0.29, 0.717) is 6.61 Å². The molecule has 1 heterocycles. The fourth-order valence-electron chi connectivity index (χ4n) is 3.25. The quantitative estimate of drug-likeness (QED) is 0.553. The highest BCUT2D eigenvalue weighted by molar-refractivity contribution is 5.84. The molecule has 0 atom stereocenters. The number of aliphatic hydroxyl groups excluding tert-OH is 1. The molecular formula is C23H21NO2. The van der Waals surface area contributed by atoms with Gasteiger partial charge in [-0.25, -0.2) is 0 Å². The van der Waals surface area contributed by atoms with E-state index < -0.39 is 0 Å². The van der Waals surface area contributed by atoms with Crippen molar-refractivity contribution in [2.45, 2.75) is 20.1 Å². The average Bonchev–Trinajstić information content (AvgIpc) is 3.05. The van der Waals surface area contributed by atoms with Gasteiger partial charge in [-0.15, -0.1) is 0 Å². The molecule has 130 valence electrons. The zero-order chi connectivity index (χ0) is 17.9. The first-order chi connectivity index (χ1) is 12.7. The van der Waals surface area contributed by atoms with Crippen molar-refractivity contribution in [1.82, 2.24) is 4.57 Å². The van der Waals surface area contributed by atoms with E-state index in [1.807, 2.05) is 48.5 Å². The summed E-state index contributed by atoms with van der Waals surface area (Å²) in [6.07, 6.45) is 0. The number of nitrogens with zero attached hydrogens (tertiary/aromatic N) is 1. The predicted molar refractivity (Wildman–Crippen MR) is 105 cm³/mol. The van der Waals surface area contributed by atoms with Crippen LogP contribution in [0.5, 0.6) is 5.75 Å². The molecule has 0 amide bonds. The maximum absolute atomic E-state index is 9.77. The molecule has 0 saturated heterocycles. The van der Waals surface area contributed by atoms with E-state index in [-0.39, 0.29) is 6.61 Å². The van der Waals surface area contributed by atoms with Crippen molar-refractivity contribution in [3.05, 3.63) is 95.7 Å². The van der Waals surface area contributed by atoms with Gasteiger partial charge in [-0.2, -0.15) is 0 Å². The van der Waals surface area contributed by atoms with Crippen LogP contribution in [-0.4, -0.2) is 9.67 Å². The van der Waals surface area contributed by atoms with E-state index in [4.69, 9.17) is 4.74 Å². The molecule has 4 aromatic rings. The van der Waals surface area contributed by atoms with Gasteiger partial charge in [0.25, 0.3) is 0 Å². The van der Waals surface area contributed by atoms with E-state index >= 15 is 0 Å². The second kappa shape index (κ2) is 7.06. The first-order valence-electron chi connectivity index (χ1n) is 8.73. The SMILES string of the molecule is Cc1ccc2c(c1)cc(CO)n2-c1ccc(OCc2ccccc2)cc1. The molecule has 0 fully saturated rings. The Balaban J connectivity index is 1.61. The third-order valence-electron chi connectivity index (χ3n) is 4.54. The van der Waals surface area contributed by atoms with Crippen LogP contribution in [0.15, 0.2) is 78.9 Å². The van der Waals surface area contributed by atoms with E-state index in [1.54, 1.807) is 0 Å². The molecular weight excluding hydrogens is 322 g/mol. The number of hydrogen-bond acceptors (Lipinski definition) is 2. The zero-order valence-electron chi connectivity index (χ0n) is 14.7. The van der Waals surface area contributed by atoms with Gasteiger partial charge in [0.05, 0.1) is 12.1 Å². The molecule has 4 rings (SSSR count). The fraction of sp³-hybridized carbons (Fsp3) is 0.130. The van der Waals surface area contributed by atoms with Gasteiger partial charge in [0.1, 0.15) is 12.4 Å². The lowest BCUT2D eigenvalue weighted by molar-refractivity contribution is 0.275. The Hall–Kier alpha value is -3.04. The van der Waals surface area contributed by atoms with E-state index in [1.165, 1.54) is 5.56 Å². The third-order valence-corrected chi connectivity index (χ3v) is 4.54. The van der Waals surface area contributed by atoms with Crippen LogP contribution in [0.2, 0.25) is 0 Å². The number of fused-ring (bicyclic) bond motifs is 1. The molecule has 0 bridgehead atoms. The highest BCUT2D eigenvalue weighted by Gasteiger charge is 2.10. The van der Waals surface area contributed by atoms with E-state index in [9.17, 15) is 5.11 Å². The van der Waals surface area contributed by atoms with Crippen LogP contribution in [0.3, 0.4) is 0 Å². The summed E-state index contributed by atoms with van der Waals surface area (Å²) in [5.41, 5.74) is 5.34. The van der Waals surface area contributed by atoms with Gasteiger partial charge in [-0.1, -0.05) is 42.0 Å². The molecule has 0 aliphatic carbocycles. The number of aryl methyl sites for hydroxylation is 1. The highest BCUT2D eigenvalue weighted by atomic mass is 16.5. The van der Waals surface area contributed by atoms with Crippen molar-refractivity contribution >= 4 is 10.9 Å². The third kappa shape index (κ3) is 3.22. The molecule has 0 aliphatic rings. The predicted octanol–water partition coefficient (Wildman–Crippen LogP) is 5.01. The van der Waals surface area contributed by atoms with Crippen molar-refractivity contribution in [2.75, 3.05) is 0 Å². The zero-order valence-corrected chi connectivity index (χ0v) is 14.7. The van der Waals surface area contributed by atoms with Crippen molar-refractivity contribution in [3.8, 4) is 11.4 Å². The van der Waals surface area contributed by atoms with E-state index in [0.717, 1.165) is 33.6 Å². The van der Waals surface area contributed by atoms with Gasteiger partial charge in [0, 0.05) is 16.8 Å². The van der Waals surface area contributed by atoms with Gasteiger partial charge in [-0.05, 0) is 55.0 Å². The van der Waals surface area contributed by atoms with Gasteiger partial charge in [0.2, 0.25) is 0 Å². The van der Waals surface area contributed by atoms with Crippen molar-refractivity contribution in [1.29, 1.82) is 0 Å². The Bertz CT molecular complexity index is 1020. The van der Waals surface area contributed by atoms with E-state index in [2.05, 4.69) is 41.8 Å². The highest BCUT2D eigenvalue weighted by Crippen LogP contribution is 2.27. The largest absolute Gasteiger partial charge is 0.489 e. The summed E-state index contributed by atoms with van der Waals surface area (Å²) in [5.74, 6) is 0.829. The molecule has 0 radical (unpaired) electrons.